The van der Waals surface area contributed by atoms with Gasteiger partial charge < -0.3 is 20.7 Å². The second-order valence-electron chi connectivity index (χ2n) is 7.76. The summed E-state index contributed by atoms with van der Waals surface area (Å²) in [7, 11) is 1.51. The van der Waals surface area contributed by atoms with Gasteiger partial charge in [0.15, 0.2) is 0 Å². The number of benzene rings is 1. The van der Waals surface area contributed by atoms with E-state index in [-0.39, 0.29) is 49.2 Å². The van der Waals surface area contributed by atoms with E-state index in [2.05, 4.69) is 10.3 Å². The van der Waals surface area contributed by atoms with E-state index in [1.807, 2.05) is 51.1 Å². The molecule has 0 bridgehead atoms. The van der Waals surface area contributed by atoms with Gasteiger partial charge in [-0.2, -0.15) is 0 Å². The number of nitrogens with two attached hydrogens (primary N) is 1. The molecule has 30 heavy (non-hydrogen) atoms. The van der Waals surface area contributed by atoms with Crippen molar-refractivity contribution in [3.8, 4) is 0 Å². The summed E-state index contributed by atoms with van der Waals surface area (Å²) in [5.41, 5.74) is 5.57. The van der Waals surface area contributed by atoms with Gasteiger partial charge in [0.25, 0.3) is 5.56 Å². The molecular weight excluding hydrogens is 386 g/mol. The Labute approximate surface area is 175 Å². The lowest BCUT2D eigenvalue weighted by Crippen LogP contribution is -2.48. The van der Waals surface area contributed by atoms with E-state index < -0.39 is 11.2 Å². The van der Waals surface area contributed by atoms with E-state index in [1.165, 1.54) is 11.7 Å². The number of nitrogen functional groups attached to an aromatic ring is 1. The van der Waals surface area contributed by atoms with Gasteiger partial charge in [-0.15, -0.1) is 0 Å². The number of nitrogens with zero attached hydrogens (tertiary/aromatic N) is 2. The van der Waals surface area contributed by atoms with Crippen LogP contribution in [0.5, 0.6) is 0 Å². The minimum atomic E-state index is -0.635. The molecule has 0 atom stereocenters. The molecule has 0 aliphatic rings. The number of H-pyrrole nitrogens is 1. The van der Waals surface area contributed by atoms with Crippen molar-refractivity contribution in [2.24, 2.45) is 0 Å². The average molecular weight is 418 g/mol. The van der Waals surface area contributed by atoms with Crippen LogP contribution >= 0.6 is 0 Å². The van der Waals surface area contributed by atoms with Crippen LogP contribution in [0, 0.1) is 0 Å². The molecule has 9 heteroatoms. The predicted molar refractivity (Wildman–Crippen MR) is 118 cm³/mol. The molecule has 0 radical (unpaired) electrons. The van der Waals surface area contributed by atoms with Crippen LogP contribution in [-0.2, 0) is 22.6 Å². The Bertz CT molecular complexity index is 966. The van der Waals surface area contributed by atoms with Gasteiger partial charge in [-0.3, -0.25) is 19.1 Å². The lowest BCUT2D eigenvalue weighted by Gasteiger charge is -2.29. The maximum atomic E-state index is 12.7. The summed E-state index contributed by atoms with van der Waals surface area (Å²) in [6, 6.07) is 9.43. The summed E-state index contributed by atoms with van der Waals surface area (Å²) in [5.74, 6) is -0.245. The Morgan fingerprint density at radius 1 is 1.27 bits per heavy atom. The molecule has 1 aromatic heterocycles. The summed E-state index contributed by atoms with van der Waals surface area (Å²) in [4.78, 5) is 41.5. The van der Waals surface area contributed by atoms with Gasteiger partial charge in [0.1, 0.15) is 11.5 Å². The van der Waals surface area contributed by atoms with Crippen LogP contribution in [0.3, 0.4) is 0 Å². The number of carbonyl (C=O) groups is 1. The number of anilines is 2. The smallest absolute Gasteiger partial charge is 0.330 e. The minimum Gasteiger partial charge on any atom is -0.383 e. The third kappa shape index (κ3) is 5.96. The van der Waals surface area contributed by atoms with Crippen molar-refractivity contribution in [1.82, 2.24) is 14.9 Å². The van der Waals surface area contributed by atoms with E-state index in [9.17, 15) is 14.4 Å². The number of ether oxygens (including phenoxy) is 1. The molecule has 1 amide bonds. The number of nitrogens with one attached hydrogen (secondary N) is 2. The summed E-state index contributed by atoms with van der Waals surface area (Å²) >= 11 is 0. The highest BCUT2D eigenvalue weighted by Crippen LogP contribution is 2.19. The number of hydrogen-bond acceptors (Lipinski definition) is 6. The van der Waals surface area contributed by atoms with Gasteiger partial charge in [-0.05, 0) is 25.8 Å². The Morgan fingerprint density at radius 3 is 2.53 bits per heavy atom. The lowest BCUT2D eigenvalue weighted by atomic mass is 10.0. The summed E-state index contributed by atoms with van der Waals surface area (Å²) < 4.78 is 6.27. The second kappa shape index (κ2) is 10.1. The number of amides is 1. The molecule has 0 saturated carbocycles. The molecule has 164 valence electrons. The first-order valence-corrected chi connectivity index (χ1v) is 9.90. The van der Waals surface area contributed by atoms with Crippen LogP contribution in [-0.4, -0.2) is 41.3 Å². The monoisotopic (exact) mass is 417 g/mol. The van der Waals surface area contributed by atoms with E-state index in [4.69, 9.17) is 10.5 Å². The molecular formula is C21H31N5O4. The highest BCUT2D eigenvalue weighted by molar-refractivity contribution is 5.83. The SMILES string of the molecule is CCC(C)(C)NC(=O)CN(Cc1ccccc1)c1c(N)n(CCOC)c(=O)[nH]c1=O. The van der Waals surface area contributed by atoms with Crippen molar-refractivity contribution < 1.29 is 9.53 Å². The van der Waals surface area contributed by atoms with Crippen LogP contribution < -0.4 is 27.2 Å². The molecule has 9 nitrogen and oxygen atoms in total. The van der Waals surface area contributed by atoms with Crippen molar-refractivity contribution in [1.29, 1.82) is 0 Å². The summed E-state index contributed by atoms with van der Waals surface area (Å²) in [6.45, 7) is 6.46. The average Bonchev–Trinajstić information content (AvgIpc) is 2.68. The number of hydrogen-bond donors (Lipinski definition) is 3. The zero-order chi connectivity index (χ0) is 22.3. The van der Waals surface area contributed by atoms with Crippen LogP contribution in [0.25, 0.3) is 0 Å². The standard InChI is InChI=1S/C21H31N5O4/c1-5-21(2,3)24-16(27)14-25(13-15-9-7-6-8-10-15)17-18(22)26(11-12-30-4)20(29)23-19(17)28/h6-10H,5,11-14,22H2,1-4H3,(H,24,27)(H,23,28,29). The zero-order valence-electron chi connectivity index (χ0n) is 18.0. The number of methoxy groups -OCH3 is 1. The molecule has 0 unspecified atom stereocenters. The predicted octanol–water partition coefficient (Wildman–Crippen LogP) is 1.08. The van der Waals surface area contributed by atoms with E-state index in [0.717, 1.165) is 12.0 Å². The van der Waals surface area contributed by atoms with Gasteiger partial charge in [0.05, 0.1) is 19.7 Å². The first-order chi connectivity index (χ1) is 14.2. The third-order valence-corrected chi connectivity index (χ3v) is 4.96. The van der Waals surface area contributed by atoms with Gasteiger partial charge in [-0.25, -0.2) is 4.79 Å². The largest absolute Gasteiger partial charge is 0.383 e. The molecule has 2 aromatic rings. The molecule has 0 aliphatic carbocycles. The highest BCUT2D eigenvalue weighted by Gasteiger charge is 2.24. The van der Waals surface area contributed by atoms with E-state index >= 15 is 0 Å². The van der Waals surface area contributed by atoms with E-state index in [1.54, 1.807) is 4.90 Å². The zero-order valence-corrected chi connectivity index (χ0v) is 18.0. The molecule has 2 rings (SSSR count). The minimum absolute atomic E-state index is 0.000664. The summed E-state index contributed by atoms with van der Waals surface area (Å²) in [5, 5.41) is 2.97. The fourth-order valence-corrected chi connectivity index (χ4v) is 2.98. The maximum absolute atomic E-state index is 12.7. The van der Waals surface area contributed by atoms with Crippen LogP contribution in [0.1, 0.15) is 32.8 Å². The second-order valence-corrected chi connectivity index (χ2v) is 7.76. The normalized spacial score (nSPS) is 11.3. The van der Waals surface area contributed by atoms with E-state index in [0.29, 0.717) is 0 Å². The topological polar surface area (TPSA) is 122 Å². The van der Waals surface area contributed by atoms with Crippen molar-refractivity contribution >= 4 is 17.4 Å². The first-order valence-electron chi connectivity index (χ1n) is 9.90. The Hall–Kier alpha value is -3.07. The lowest BCUT2D eigenvalue weighted by molar-refractivity contribution is -0.121. The molecule has 0 saturated heterocycles. The van der Waals surface area contributed by atoms with Gasteiger partial charge >= 0.3 is 5.69 Å². The maximum Gasteiger partial charge on any atom is 0.330 e. The number of aromatic nitrogens is 2. The van der Waals surface area contributed by atoms with Crippen molar-refractivity contribution in [3.63, 3.8) is 0 Å². The molecule has 4 N–H and O–H groups in total. The number of aromatic amines is 1. The van der Waals surface area contributed by atoms with Crippen LogP contribution in [0.2, 0.25) is 0 Å². The van der Waals surface area contributed by atoms with Crippen LogP contribution in [0.15, 0.2) is 39.9 Å². The number of carbonyl (C=O) groups excluding carboxylic acids is 1. The van der Waals surface area contributed by atoms with Crippen molar-refractivity contribution in [2.45, 2.75) is 45.8 Å². The quantitative estimate of drug-likeness (QED) is 0.532. The molecule has 1 heterocycles. The Kier molecular flexibility index (Phi) is 7.82. The Balaban J connectivity index is 2.47. The molecule has 0 fully saturated rings. The first kappa shape index (κ1) is 23.2. The fraction of sp³-hybridized carbons (Fsp3) is 0.476. The Morgan fingerprint density at radius 2 is 1.93 bits per heavy atom. The molecule has 0 aliphatic heterocycles. The molecule has 1 aromatic carbocycles. The molecule has 0 spiro atoms. The summed E-state index contributed by atoms with van der Waals surface area (Å²) in [6.07, 6.45) is 0.752. The van der Waals surface area contributed by atoms with Gasteiger partial charge in [0, 0.05) is 19.2 Å². The number of rotatable bonds is 10. The van der Waals surface area contributed by atoms with Crippen molar-refractivity contribution in [3.05, 3.63) is 56.7 Å². The van der Waals surface area contributed by atoms with Crippen LogP contribution in [0.4, 0.5) is 11.5 Å². The van der Waals surface area contributed by atoms with Gasteiger partial charge in [-0.1, -0.05) is 37.3 Å². The third-order valence-electron chi connectivity index (χ3n) is 4.96. The van der Waals surface area contributed by atoms with Gasteiger partial charge in [0.2, 0.25) is 5.91 Å². The van der Waals surface area contributed by atoms with Crippen molar-refractivity contribution in [2.75, 3.05) is 30.9 Å². The fourth-order valence-electron chi connectivity index (χ4n) is 2.98. The highest BCUT2D eigenvalue weighted by atomic mass is 16.5.